The molecular formula is C13H13Cl2N3O4. The lowest BCUT2D eigenvalue weighted by molar-refractivity contribution is -0.384. The molecule has 0 saturated heterocycles. The number of nitro benzene ring substituents is 1. The third kappa shape index (κ3) is 3.21. The van der Waals surface area contributed by atoms with Gasteiger partial charge in [-0.05, 0) is 6.07 Å². The van der Waals surface area contributed by atoms with E-state index in [1.807, 2.05) is 0 Å². The van der Waals surface area contributed by atoms with Crippen molar-refractivity contribution in [3.63, 3.8) is 0 Å². The number of rotatable bonds is 7. The van der Waals surface area contributed by atoms with Crippen LogP contribution in [0.5, 0.6) is 0 Å². The Labute approximate surface area is 136 Å². The third-order valence-electron chi connectivity index (χ3n) is 3.31. The molecule has 0 aromatic heterocycles. The highest BCUT2D eigenvalue weighted by Gasteiger charge is 2.37. The van der Waals surface area contributed by atoms with E-state index in [2.05, 4.69) is 0 Å². The van der Waals surface area contributed by atoms with Gasteiger partial charge >= 0.3 is 0 Å². The Hall–Kier alpha value is -1.70. The number of alkyl halides is 2. The summed E-state index contributed by atoms with van der Waals surface area (Å²) in [6.07, 6.45) is 0. The van der Waals surface area contributed by atoms with E-state index >= 15 is 0 Å². The van der Waals surface area contributed by atoms with Crippen molar-refractivity contribution in [1.29, 1.82) is 0 Å². The molecule has 1 aliphatic rings. The second-order valence-electron chi connectivity index (χ2n) is 4.66. The lowest BCUT2D eigenvalue weighted by atomic mass is 10.1. The van der Waals surface area contributed by atoms with Crippen LogP contribution < -0.4 is 0 Å². The molecule has 0 saturated carbocycles. The van der Waals surface area contributed by atoms with E-state index in [9.17, 15) is 19.7 Å². The molecule has 1 aliphatic heterocycles. The molecule has 2 amide bonds. The van der Waals surface area contributed by atoms with Gasteiger partial charge in [0.1, 0.15) is 0 Å². The normalized spacial score (nSPS) is 13.9. The van der Waals surface area contributed by atoms with Crippen LogP contribution in [0.3, 0.4) is 0 Å². The minimum Gasteiger partial charge on any atom is -0.283 e. The summed E-state index contributed by atoms with van der Waals surface area (Å²) in [6.45, 7) is 1.00. The number of hydrogen-bond donors (Lipinski definition) is 0. The third-order valence-corrected chi connectivity index (χ3v) is 3.65. The van der Waals surface area contributed by atoms with Crippen molar-refractivity contribution in [3.05, 3.63) is 39.4 Å². The van der Waals surface area contributed by atoms with Crippen LogP contribution in [-0.2, 0) is 0 Å². The Morgan fingerprint density at radius 2 is 1.68 bits per heavy atom. The summed E-state index contributed by atoms with van der Waals surface area (Å²) in [5, 5.41) is 10.8. The first-order valence-electron chi connectivity index (χ1n) is 6.48. The number of halogens is 2. The van der Waals surface area contributed by atoms with Gasteiger partial charge in [0.05, 0.1) is 22.7 Å². The number of benzene rings is 1. The van der Waals surface area contributed by atoms with E-state index in [1.54, 1.807) is 4.90 Å². The largest absolute Gasteiger partial charge is 0.283 e. The molecule has 0 spiro atoms. The first kappa shape index (κ1) is 16.7. The van der Waals surface area contributed by atoms with Gasteiger partial charge in [0.25, 0.3) is 17.5 Å². The predicted octanol–water partition coefficient (Wildman–Crippen LogP) is 1.93. The van der Waals surface area contributed by atoms with Crippen LogP contribution >= 0.6 is 23.2 Å². The zero-order chi connectivity index (χ0) is 16.3. The standard InChI is InChI=1S/C13H13Cl2N3O4/c14-3-5-16(6-4-15)8-17-12(19)10-2-1-9(18(21)22)7-11(10)13(17)20/h1-2,7H,3-6,8H2. The van der Waals surface area contributed by atoms with Crippen molar-refractivity contribution in [2.24, 2.45) is 0 Å². The Bertz CT molecular complexity index is 617. The lowest BCUT2D eigenvalue weighted by Gasteiger charge is -2.25. The average Bonchev–Trinajstić information content (AvgIpc) is 2.72. The summed E-state index contributed by atoms with van der Waals surface area (Å²) >= 11 is 11.4. The molecule has 0 aliphatic carbocycles. The van der Waals surface area contributed by atoms with Crippen molar-refractivity contribution in [3.8, 4) is 0 Å². The second kappa shape index (κ2) is 7.04. The Balaban J connectivity index is 2.24. The fourth-order valence-corrected chi connectivity index (χ4v) is 2.69. The van der Waals surface area contributed by atoms with Gasteiger partial charge in [0, 0.05) is 37.0 Å². The molecule has 0 atom stereocenters. The number of fused-ring (bicyclic) bond motifs is 1. The summed E-state index contributed by atoms with van der Waals surface area (Å²) < 4.78 is 0. The highest BCUT2D eigenvalue weighted by atomic mass is 35.5. The van der Waals surface area contributed by atoms with Crippen molar-refractivity contribution < 1.29 is 14.5 Å². The summed E-state index contributed by atoms with van der Waals surface area (Å²) in [4.78, 5) is 37.6. The van der Waals surface area contributed by atoms with Gasteiger partial charge in [-0.25, -0.2) is 0 Å². The molecule has 0 radical (unpaired) electrons. The van der Waals surface area contributed by atoms with Gasteiger partial charge in [-0.3, -0.25) is 29.5 Å². The van der Waals surface area contributed by atoms with E-state index in [-0.39, 0.29) is 23.5 Å². The maximum absolute atomic E-state index is 12.3. The topological polar surface area (TPSA) is 83.8 Å². The molecule has 9 heteroatoms. The van der Waals surface area contributed by atoms with Crippen molar-refractivity contribution in [1.82, 2.24) is 9.80 Å². The maximum Gasteiger partial charge on any atom is 0.270 e. The van der Waals surface area contributed by atoms with Crippen LogP contribution in [0.2, 0.25) is 0 Å². The SMILES string of the molecule is O=C1c2ccc([N+](=O)[O-])cc2C(=O)N1CN(CCCl)CCCl. The van der Waals surface area contributed by atoms with Gasteiger partial charge in [0.15, 0.2) is 0 Å². The molecule has 1 aromatic rings. The van der Waals surface area contributed by atoms with Gasteiger partial charge in [-0.2, -0.15) is 0 Å². The van der Waals surface area contributed by atoms with Crippen LogP contribution in [-0.4, -0.2) is 58.1 Å². The van der Waals surface area contributed by atoms with Crippen LogP contribution in [0, 0.1) is 10.1 Å². The number of nitro groups is 1. The average molecular weight is 346 g/mol. The van der Waals surface area contributed by atoms with E-state index in [4.69, 9.17) is 23.2 Å². The fraction of sp³-hybridized carbons (Fsp3) is 0.385. The van der Waals surface area contributed by atoms with E-state index in [1.165, 1.54) is 12.1 Å². The number of hydrogen-bond acceptors (Lipinski definition) is 5. The Morgan fingerprint density at radius 3 is 2.23 bits per heavy atom. The molecule has 118 valence electrons. The summed E-state index contributed by atoms with van der Waals surface area (Å²) in [6, 6.07) is 3.65. The van der Waals surface area contributed by atoms with Crippen LogP contribution in [0.15, 0.2) is 18.2 Å². The Kier molecular flexibility index (Phi) is 5.33. The smallest absolute Gasteiger partial charge is 0.270 e. The number of carbonyl (C=O) groups is 2. The molecule has 7 nitrogen and oxygen atoms in total. The molecule has 2 rings (SSSR count). The van der Waals surface area contributed by atoms with Gasteiger partial charge in [0.2, 0.25) is 0 Å². The molecular weight excluding hydrogens is 333 g/mol. The molecule has 0 unspecified atom stereocenters. The van der Waals surface area contributed by atoms with E-state index in [0.29, 0.717) is 24.8 Å². The quantitative estimate of drug-likeness (QED) is 0.326. The highest BCUT2D eigenvalue weighted by Crippen LogP contribution is 2.26. The number of carbonyl (C=O) groups excluding carboxylic acids is 2. The predicted molar refractivity (Wildman–Crippen MR) is 81.5 cm³/mol. The minimum atomic E-state index is -0.603. The van der Waals surface area contributed by atoms with Crippen molar-refractivity contribution in [2.75, 3.05) is 31.5 Å². The first-order chi connectivity index (χ1) is 10.5. The van der Waals surface area contributed by atoms with Gasteiger partial charge < -0.3 is 0 Å². The lowest BCUT2D eigenvalue weighted by Crippen LogP contribution is -2.42. The monoisotopic (exact) mass is 345 g/mol. The van der Waals surface area contributed by atoms with Crippen molar-refractivity contribution >= 4 is 40.7 Å². The van der Waals surface area contributed by atoms with Crippen LogP contribution in [0.4, 0.5) is 5.69 Å². The van der Waals surface area contributed by atoms with E-state index < -0.39 is 16.7 Å². The van der Waals surface area contributed by atoms with Gasteiger partial charge in [-0.1, -0.05) is 0 Å². The highest BCUT2D eigenvalue weighted by molar-refractivity contribution is 6.21. The molecule has 1 aromatic carbocycles. The second-order valence-corrected chi connectivity index (χ2v) is 5.42. The number of amides is 2. The maximum atomic E-state index is 12.3. The summed E-state index contributed by atoms with van der Waals surface area (Å²) in [7, 11) is 0. The van der Waals surface area contributed by atoms with Crippen molar-refractivity contribution in [2.45, 2.75) is 0 Å². The zero-order valence-corrected chi connectivity index (χ0v) is 13.0. The molecule has 22 heavy (non-hydrogen) atoms. The Morgan fingerprint density at radius 1 is 1.09 bits per heavy atom. The molecule has 1 heterocycles. The van der Waals surface area contributed by atoms with Crippen LogP contribution in [0.1, 0.15) is 20.7 Å². The summed E-state index contributed by atoms with van der Waals surface area (Å²) in [5.74, 6) is -0.335. The number of imide groups is 1. The molecule has 0 fully saturated rings. The number of nitrogens with zero attached hydrogens (tertiary/aromatic N) is 3. The minimum absolute atomic E-state index is 0.0518. The molecule has 0 N–H and O–H groups in total. The summed E-state index contributed by atoms with van der Waals surface area (Å²) in [5.41, 5.74) is 0.00307. The van der Waals surface area contributed by atoms with Gasteiger partial charge in [-0.15, -0.1) is 23.2 Å². The first-order valence-corrected chi connectivity index (χ1v) is 7.55. The zero-order valence-electron chi connectivity index (χ0n) is 11.5. The number of non-ortho nitro benzene ring substituents is 1. The van der Waals surface area contributed by atoms with E-state index in [0.717, 1.165) is 11.0 Å². The van der Waals surface area contributed by atoms with Crippen LogP contribution in [0.25, 0.3) is 0 Å². The molecule has 0 bridgehead atoms. The fourth-order valence-electron chi connectivity index (χ4n) is 2.21.